The Kier molecular flexibility index (Phi) is 5.52. The lowest BCUT2D eigenvalue weighted by Gasteiger charge is -2.35. The zero-order chi connectivity index (χ0) is 20.5. The van der Waals surface area contributed by atoms with Crippen molar-refractivity contribution in [3.05, 3.63) is 41.7 Å². The molecule has 1 fully saturated rings. The van der Waals surface area contributed by atoms with E-state index in [4.69, 9.17) is 5.14 Å². The average Bonchev–Trinajstić information content (AvgIpc) is 2.66. The molecule has 10 heteroatoms. The molecule has 0 bridgehead atoms. The Labute approximate surface area is 164 Å². The highest BCUT2D eigenvalue weighted by Gasteiger charge is 2.24. The molecule has 0 atom stereocenters. The van der Waals surface area contributed by atoms with Gasteiger partial charge in [-0.05, 0) is 31.2 Å². The molecule has 150 valence electrons. The molecule has 1 aromatic carbocycles. The third kappa shape index (κ3) is 4.39. The van der Waals surface area contributed by atoms with Gasteiger partial charge in [-0.25, -0.2) is 23.5 Å². The fourth-order valence-corrected chi connectivity index (χ4v) is 3.55. The lowest BCUT2D eigenvalue weighted by Crippen LogP contribution is -2.49. The first-order valence-corrected chi connectivity index (χ1v) is 10.4. The fourth-order valence-electron chi connectivity index (χ4n) is 3.04. The van der Waals surface area contributed by atoms with Crippen molar-refractivity contribution in [1.82, 2.24) is 14.9 Å². The zero-order valence-corrected chi connectivity index (χ0v) is 17.0. The number of nitrogens with two attached hydrogens (primary N) is 1. The molecule has 28 heavy (non-hydrogen) atoms. The summed E-state index contributed by atoms with van der Waals surface area (Å²) < 4.78 is 22.7. The second-order valence-corrected chi connectivity index (χ2v) is 8.44. The van der Waals surface area contributed by atoms with E-state index in [1.807, 2.05) is 32.0 Å². The number of piperazine rings is 1. The molecule has 9 nitrogen and oxygen atoms in total. The van der Waals surface area contributed by atoms with Gasteiger partial charge in [0.15, 0.2) is 0 Å². The third-order valence-electron chi connectivity index (χ3n) is 4.59. The molecule has 1 aliphatic heterocycles. The Hall–Kier alpha value is -2.72. The van der Waals surface area contributed by atoms with Gasteiger partial charge in [0.1, 0.15) is 17.5 Å². The van der Waals surface area contributed by atoms with Crippen LogP contribution >= 0.6 is 0 Å². The van der Waals surface area contributed by atoms with E-state index >= 15 is 0 Å². The fraction of sp³-hybridized carbons (Fsp3) is 0.389. The highest BCUT2D eigenvalue weighted by Crippen LogP contribution is 2.20. The van der Waals surface area contributed by atoms with E-state index < -0.39 is 10.0 Å². The van der Waals surface area contributed by atoms with Gasteiger partial charge < -0.3 is 14.7 Å². The van der Waals surface area contributed by atoms with Crippen LogP contribution in [-0.2, 0) is 10.0 Å². The van der Waals surface area contributed by atoms with Gasteiger partial charge >= 0.3 is 0 Å². The Balaban J connectivity index is 1.67. The van der Waals surface area contributed by atoms with E-state index in [0.717, 1.165) is 11.6 Å². The topological polar surface area (TPSA) is 113 Å². The Morgan fingerprint density at radius 3 is 2.21 bits per heavy atom. The quantitative estimate of drug-likeness (QED) is 0.788. The summed E-state index contributed by atoms with van der Waals surface area (Å²) >= 11 is 0. The molecule has 3 rings (SSSR count). The SMILES string of the molecule is Cc1nc(N(C)C)cc(N2CCN(C(=O)c3ccc(S(N)(=O)=O)cc3)CC2)n1. The number of aromatic nitrogens is 2. The summed E-state index contributed by atoms with van der Waals surface area (Å²) in [4.78, 5) is 27.4. The highest BCUT2D eigenvalue weighted by molar-refractivity contribution is 7.89. The van der Waals surface area contributed by atoms with Crippen molar-refractivity contribution in [3.63, 3.8) is 0 Å². The van der Waals surface area contributed by atoms with Crippen LogP contribution in [0.25, 0.3) is 0 Å². The molecule has 0 spiro atoms. The summed E-state index contributed by atoms with van der Waals surface area (Å²) in [5, 5.41) is 5.09. The molecule has 2 N–H and O–H groups in total. The predicted molar refractivity (Wildman–Crippen MR) is 107 cm³/mol. The standard InChI is InChI=1S/C18H24N6O3S/c1-13-20-16(22(2)3)12-17(21-13)23-8-10-24(11-9-23)18(25)14-4-6-15(7-5-14)28(19,26)27/h4-7,12H,8-11H2,1-3H3,(H2,19,26,27). The summed E-state index contributed by atoms with van der Waals surface area (Å²) in [6.45, 7) is 4.28. The van der Waals surface area contributed by atoms with Crippen LogP contribution in [0.15, 0.2) is 35.2 Å². The first kappa shape index (κ1) is 20.0. The maximum absolute atomic E-state index is 12.7. The van der Waals surface area contributed by atoms with E-state index in [9.17, 15) is 13.2 Å². The van der Waals surface area contributed by atoms with Crippen LogP contribution in [0, 0.1) is 6.92 Å². The number of hydrogen-bond acceptors (Lipinski definition) is 7. The number of carbonyl (C=O) groups excluding carboxylic acids is 1. The van der Waals surface area contributed by atoms with Gasteiger partial charge in [-0.3, -0.25) is 4.79 Å². The molecule has 1 aromatic heterocycles. The number of nitrogens with zero attached hydrogens (tertiary/aromatic N) is 5. The molecule has 1 amide bonds. The van der Waals surface area contributed by atoms with Crippen LogP contribution in [0.2, 0.25) is 0 Å². The number of carbonyl (C=O) groups is 1. The molecular formula is C18H24N6O3S. The van der Waals surface area contributed by atoms with Gasteiger partial charge in [0.25, 0.3) is 5.91 Å². The number of benzene rings is 1. The Morgan fingerprint density at radius 2 is 1.68 bits per heavy atom. The number of primary sulfonamides is 1. The highest BCUT2D eigenvalue weighted by atomic mass is 32.2. The van der Waals surface area contributed by atoms with Gasteiger partial charge in [-0.1, -0.05) is 0 Å². The summed E-state index contributed by atoms with van der Waals surface area (Å²) in [6, 6.07) is 7.63. The van der Waals surface area contributed by atoms with Crippen LogP contribution in [-0.4, -0.2) is 69.5 Å². The number of hydrogen-bond donors (Lipinski definition) is 1. The van der Waals surface area contributed by atoms with Crippen LogP contribution in [0.5, 0.6) is 0 Å². The largest absolute Gasteiger partial charge is 0.363 e. The normalized spacial score (nSPS) is 14.9. The number of sulfonamides is 1. The predicted octanol–water partition coefficient (Wildman–Crippen LogP) is 0.461. The van der Waals surface area contributed by atoms with Gasteiger partial charge in [0, 0.05) is 51.9 Å². The van der Waals surface area contributed by atoms with Crippen molar-refractivity contribution in [2.45, 2.75) is 11.8 Å². The molecule has 1 aliphatic rings. The Morgan fingerprint density at radius 1 is 1.07 bits per heavy atom. The van der Waals surface area contributed by atoms with E-state index in [1.165, 1.54) is 24.3 Å². The van der Waals surface area contributed by atoms with Crippen molar-refractivity contribution >= 4 is 27.6 Å². The maximum Gasteiger partial charge on any atom is 0.253 e. The summed E-state index contributed by atoms with van der Waals surface area (Å²) in [6.07, 6.45) is 0. The summed E-state index contributed by atoms with van der Waals surface area (Å²) in [5.41, 5.74) is 0.439. The molecule has 2 aromatic rings. The zero-order valence-electron chi connectivity index (χ0n) is 16.2. The van der Waals surface area contributed by atoms with E-state index in [2.05, 4.69) is 14.9 Å². The van der Waals surface area contributed by atoms with Crippen LogP contribution in [0.3, 0.4) is 0 Å². The molecule has 1 saturated heterocycles. The first-order chi connectivity index (χ1) is 13.1. The summed E-state index contributed by atoms with van der Waals surface area (Å²) in [5.74, 6) is 2.26. The van der Waals surface area contributed by atoms with Crippen LogP contribution in [0.4, 0.5) is 11.6 Å². The molecule has 0 saturated carbocycles. The van der Waals surface area contributed by atoms with E-state index in [0.29, 0.717) is 37.6 Å². The lowest BCUT2D eigenvalue weighted by atomic mass is 10.2. The smallest absolute Gasteiger partial charge is 0.253 e. The number of anilines is 2. The minimum absolute atomic E-state index is 0.00954. The second-order valence-electron chi connectivity index (χ2n) is 6.87. The van der Waals surface area contributed by atoms with E-state index in [1.54, 1.807) is 4.90 Å². The van der Waals surface area contributed by atoms with Gasteiger partial charge in [0.05, 0.1) is 4.90 Å². The van der Waals surface area contributed by atoms with Crippen molar-refractivity contribution < 1.29 is 13.2 Å². The van der Waals surface area contributed by atoms with Crippen molar-refractivity contribution in [1.29, 1.82) is 0 Å². The van der Waals surface area contributed by atoms with Gasteiger partial charge in [-0.2, -0.15) is 0 Å². The second kappa shape index (κ2) is 7.72. The Bertz CT molecular complexity index is 967. The minimum atomic E-state index is -3.77. The van der Waals surface area contributed by atoms with Crippen molar-refractivity contribution in [2.75, 3.05) is 50.1 Å². The van der Waals surface area contributed by atoms with Gasteiger partial charge in [-0.15, -0.1) is 0 Å². The molecule has 2 heterocycles. The number of aryl methyl sites for hydroxylation is 1. The van der Waals surface area contributed by atoms with Crippen molar-refractivity contribution in [3.8, 4) is 0 Å². The molecule has 0 unspecified atom stereocenters. The number of amides is 1. The first-order valence-electron chi connectivity index (χ1n) is 8.85. The lowest BCUT2D eigenvalue weighted by molar-refractivity contribution is 0.0746. The van der Waals surface area contributed by atoms with Crippen LogP contribution < -0.4 is 14.9 Å². The van der Waals surface area contributed by atoms with Crippen LogP contribution in [0.1, 0.15) is 16.2 Å². The van der Waals surface area contributed by atoms with E-state index in [-0.39, 0.29) is 10.8 Å². The van der Waals surface area contributed by atoms with Gasteiger partial charge in [0.2, 0.25) is 10.0 Å². The minimum Gasteiger partial charge on any atom is -0.363 e. The molecular weight excluding hydrogens is 380 g/mol. The van der Waals surface area contributed by atoms with Crippen molar-refractivity contribution in [2.24, 2.45) is 5.14 Å². The summed E-state index contributed by atoms with van der Waals surface area (Å²) in [7, 11) is 0.0993. The average molecular weight is 404 g/mol. The molecule has 0 radical (unpaired) electrons. The monoisotopic (exact) mass is 404 g/mol. The maximum atomic E-state index is 12.7. The third-order valence-corrected chi connectivity index (χ3v) is 5.52. The molecule has 0 aliphatic carbocycles. The number of rotatable bonds is 4.